The Bertz CT molecular complexity index is 1070. The predicted molar refractivity (Wildman–Crippen MR) is 129 cm³/mol. The molecule has 0 fully saturated rings. The third kappa shape index (κ3) is 7.52. The first-order chi connectivity index (χ1) is 15.6. The van der Waals surface area contributed by atoms with Crippen LogP contribution in [0, 0.1) is 12.8 Å². The molecular formula is C23H31ClN2O6S. The molecule has 8 nitrogen and oxygen atoms in total. The van der Waals surface area contributed by atoms with Crippen LogP contribution in [0.25, 0.3) is 0 Å². The average molecular weight is 499 g/mol. The van der Waals surface area contributed by atoms with E-state index in [4.69, 9.17) is 25.8 Å². The lowest BCUT2D eigenvalue weighted by atomic mass is 10.1. The number of sulfonamides is 1. The number of aryl methyl sites for hydroxylation is 1. The van der Waals surface area contributed by atoms with Crippen LogP contribution in [0.1, 0.15) is 36.2 Å². The molecule has 0 aliphatic heterocycles. The minimum absolute atomic E-state index is 0.0237. The molecule has 0 atom stereocenters. The van der Waals surface area contributed by atoms with E-state index in [1.54, 1.807) is 19.1 Å². The Hall–Kier alpha value is -2.49. The van der Waals surface area contributed by atoms with Gasteiger partial charge >= 0.3 is 0 Å². The largest absolute Gasteiger partial charge is 0.495 e. The number of methoxy groups -OCH3 is 2. The van der Waals surface area contributed by atoms with Crippen molar-refractivity contribution in [2.75, 3.05) is 38.7 Å². The van der Waals surface area contributed by atoms with E-state index in [1.165, 1.54) is 32.4 Å². The molecule has 0 bridgehead atoms. The fourth-order valence-electron chi connectivity index (χ4n) is 2.97. The molecular weight excluding hydrogens is 468 g/mol. The molecule has 0 radical (unpaired) electrons. The maximum absolute atomic E-state index is 13.1. The van der Waals surface area contributed by atoms with Crippen LogP contribution >= 0.6 is 11.6 Å². The second-order valence-corrected chi connectivity index (χ2v) is 9.91. The number of amides is 1. The maximum Gasteiger partial charge on any atom is 0.262 e. The molecule has 0 spiro atoms. The zero-order valence-corrected chi connectivity index (χ0v) is 21.1. The zero-order chi connectivity index (χ0) is 24.6. The number of carbonyl (C=O) groups excluding carboxylic acids is 1. The number of benzene rings is 2. The first-order valence-corrected chi connectivity index (χ1v) is 12.4. The van der Waals surface area contributed by atoms with Crippen molar-refractivity contribution in [2.45, 2.75) is 32.1 Å². The summed E-state index contributed by atoms with van der Waals surface area (Å²) >= 11 is 6.15. The molecule has 33 heavy (non-hydrogen) atoms. The minimum Gasteiger partial charge on any atom is -0.495 e. The summed E-state index contributed by atoms with van der Waals surface area (Å²) < 4.78 is 44.6. The first kappa shape index (κ1) is 26.8. The Balaban J connectivity index is 2.16. The van der Waals surface area contributed by atoms with Gasteiger partial charge in [0.1, 0.15) is 11.5 Å². The van der Waals surface area contributed by atoms with E-state index in [0.717, 1.165) is 0 Å². The minimum atomic E-state index is -4.04. The summed E-state index contributed by atoms with van der Waals surface area (Å²) in [6, 6.07) is 7.42. The lowest BCUT2D eigenvalue weighted by molar-refractivity contribution is 0.0924. The summed E-state index contributed by atoms with van der Waals surface area (Å²) in [7, 11) is -1.18. The van der Waals surface area contributed by atoms with E-state index in [2.05, 4.69) is 23.9 Å². The van der Waals surface area contributed by atoms with Gasteiger partial charge in [0.25, 0.3) is 15.9 Å². The fourth-order valence-corrected chi connectivity index (χ4v) is 4.54. The van der Waals surface area contributed by atoms with Crippen molar-refractivity contribution in [2.24, 2.45) is 5.92 Å². The molecule has 0 aromatic heterocycles. The van der Waals surface area contributed by atoms with Gasteiger partial charge in [-0.05, 0) is 43.0 Å². The van der Waals surface area contributed by atoms with Gasteiger partial charge in [0.2, 0.25) is 0 Å². The standard InChI is InChI=1S/C23H31ClN2O6S/c1-15(2)14-32-10-6-9-25-23(27)17-8-7-16(3)22(11-17)33(28,29)26-19-12-18(24)20(30-4)13-21(19)31-5/h7-8,11-13,15,26H,6,9-10,14H2,1-5H3,(H,25,27). The van der Waals surface area contributed by atoms with Crippen molar-refractivity contribution in [3.05, 3.63) is 46.5 Å². The normalized spacial score (nSPS) is 11.4. The Morgan fingerprint density at radius 1 is 1.09 bits per heavy atom. The highest BCUT2D eigenvalue weighted by atomic mass is 35.5. The molecule has 2 N–H and O–H groups in total. The van der Waals surface area contributed by atoms with Gasteiger partial charge in [0.05, 0.1) is 29.8 Å². The predicted octanol–water partition coefficient (Wildman–Crippen LogP) is 4.26. The summed E-state index contributed by atoms with van der Waals surface area (Å²) in [6.45, 7) is 7.43. The van der Waals surface area contributed by atoms with Gasteiger partial charge in [0.15, 0.2) is 0 Å². The second-order valence-electron chi connectivity index (χ2n) is 7.85. The number of carbonyl (C=O) groups is 1. The van der Waals surface area contributed by atoms with Crippen LogP contribution < -0.4 is 19.5 Å². The van der Waals surface area contributed by atoms with Gasteiger partial charge in [-0.25, -0.2) is 8.42 Å². The molecule has 0 saturated heterocycles. The van der Waals surface area contributed by atoms with Gasteiger partial charge < -0.3 is 19.5 Å². The second kappa shape index (κ2) is 12.1. The topological polar surface area (TPSA) is 103 Å². The van der Waals surface area contributed by atoms with Crippen LogP contribution in [0.4, 0.5) is 5.69 Å². The van der Waals surface area contributed by atoms with Gasteiger partial charge in [-0.3, -0.25) is 9.52 Å². The van der Waals surface area contributed by atoms with Gasteiger partial charge in [-0.2, -0.15) is 0 Å². The fraction of sp³-hybridized carbons (Fsp3) is 0.435. The van der Waals surface area contributed by atoms with Gasteiger partial charge in [0, 0.05) is 31.4 Å². The number of halogens is 1. The Kier molecular flexibility index (Phi) is 9.82. The molecule has 1 amide bonds. The summed E-state index contributed by atoms with van der Waals surface area (Å²) in [5, 5.41) is 3.01. The van der Waals surface area contributed by atoms with Crippen LogP contribution in [0.2, 0.25) is 5.02 Å². The molecule has 0 unspecified atom stereocenters. The average Bonchev–Trinajstić information content (AvgIpc) is 2.76. The molecule has 2 aromatic rings. The van der Waals surface area contributed by atoms with Crippen molar-refractivity contribution in [1.82, 2.24) is 5.32 Å². The molecule has 0 aliphatic rings. The summed E-state index contributed by atoms with van der Waals surface area (Å²) in [6.07, 6.45) is 0.662. The highest BCUT2D eigenvalue weighted by molar-refractivity contribution is 7.92. The zero-order valence-electron chi connectivity index (χ0n) is 19.5. The van der Waals surface area contributed by atoms with Crippen LogP contribution in [-0.4, -0.2) is 48.3 Å². The number of hydrogen-bond donors (Lipinski definition) is 2. The Morgan fingerprint density at radius 2 is 1.79 bits per heavy atom. The van der Waals surface area contributed by atoms with Crippen LogP contribution in [0.5, 0.6) is 11.5 Å². The van der Waals surface area contributed by atoms with E-state index in [1.807, 2.05) is 0 Å². The Morgan fingerprint density at radius 3 is 2.42 bits per heavy atom. The van der Waals surface area contributed by atoms with E-state index in [9.17, 15) is 13.2 Å². The van der Waals surface area contributed by atoms with Crippen molar-refractivity contribution >= 4 is 33.2 Å². The molecule has 2 aromatic carbocycles. The molecule has 0 heterocycles. The molecule has 2 rings (SSSR count). The van der Waals surface area contributed by atoms with E-state index in [0.29, 0.717) is 43.4 Å². The summed E-state index contributed by atoms with van der Waals surface area (Å²) in [4.78, 5) is 12.5. The maximum atomic E-state index is 13.1. The SMILES string of the molecule is COc1cc(OC)c(NS(=O)(=O)c2cc(C(=O)NCCCOCC(C)C)ccc2C)cc1Cl. The van der Waals surface area contributed by atoms with Crippen LogP contribution in [0.3, 0.4) is 0 Å². The molecule has 182 valence electrons. The highest BCUT2D eigenvalue weighted by Crippen LogP contribution is 2.37. The monoisotopic (exact) mass is 498 g/mol. The van der Waals surface area contributed by atoms with Crippen LogP contribution in [0.15, 0.2) is 35.2 Å². The number of rotatable bonds is 12. The van der Waals surface area contributed by atoms with Crippen molar-refractivity contribution in [1.29, 1.82) is 0 Å². The van der Waals surface area contributed by atoms with Crippen molar-refractivity contribution in [3.63, 3.8) is 0 Å². The third-order valence-corrected chi connectivity index (χ3v) is 6.46. The number of hydrogen-bond acceptors (Lipinski definition) is 6. The molecule has 0 aliphatic carbocycles. The highest BCUT2D eigenvalue weighted by Gasteiger charge is 2.22. The van der Waals surface area contributed by atoms with Crippen LogP contribution in [-0.2, 0) is 14.8 Å². The number of ether oxygens (including phenoxy) is 3. The van der Waals surface area contributed by atoms with E-state index in [-0.39, 0.29) is 32.8 Å². The number of nitrogens with one attached hydrogen (secondary N) is 2. The molecule has 0 saturated carbocycles. The van der Waals surface area contributed by atoms with E-state index < -0.39 is 10.0 Å². The number of anilines is 1. The quantitative estimate of drug-likeness (QED) is 0.424. The molecule has 10 heteroatoms. The van der Waals surface area contributed by atoms with E-state index >= 15 is 0 Å². The Labute approximate surface area is 200 Å². The van der Waals surface area contributed by atoms with Crippen molar-refractivity contribution < 1.29 is 27.4 Å². The van der Waals surface area contributed by atoms with Gasteiger partial charge in [-0.15, -0.1) is 0 Å². The summed E-state index contributed by atoms with van der Waals surface area (Å²) in [5.41, 5.74) is 0.877. The summed E-state index contributed by atoms with van der Waals surface area (Å²) in [5.74, 6) is 0.683. The smallest absolute Gasteiger partial charge is 0.262 e. The lowest BCUT2D eigenvalue weighted by Crippen LogP contribution is -2.26. The third-order valence-electron chi connectivity index (χ3n) is 4.66. The van der Waals surface area contributed by atoms with Crippen molar-refractivity contribution in [3.8, 4) is 11.5 Å². The lowest BCUT2D eigenvalue weighted by Gasteiger charge is -2.16. The van der Waals surface area contributed by atoms with Gasteiger partial charge in [-0.1, -0.05) is 31.5 Å². The first-order valence-electron chi connectivity index (χ1n) is 10.5.